The summed E-state index contributed by atoms with van der Waals surface area (Å²) in [5.74, 6) is 0.817. The molecule has 1 amide bonds. The van der Waals surface area contributed by atoms with Crippen LogP contribution in [0.4, 0.5) is 0 Å². The lowest BCUT2D eigenvalue weighted by Crippen LogP contribution is -2.40. The van der Waals surface area contributed by atoms with Crippen molar-refractivity contribution in [3.63, 3.8) is 0 Å². The Morgan fingerprint density at radius 2 is 2.22 bits per heavy atom. The van der Waals surface area contributed by atoms with Gasteiger partial charge in [0, 0.05) is 23.8 Å². The molecule has 1 aromatic carbocycles. The second-order valence-electron chi connectivity index (χ2n) is 4.79. The lowest BCUT2D eigenvalue weighted by Gasteiger charge is -2.33. The Kier molecular flexibility index (Phi) is 3.08. The number of rotatable bonds is 2. The van der Waals surface area contributed by atoms with Crippen LogP contribution in [0.2, 0.25) is 0 Å². The van der Waals surface area contributed by atoms with Gasteiger partial charge in [0.1, 0.15) is 0 Å². The van der Waals surface area contributed by atoms with Gasteiger partial charge in [-0.2, -0.15) is 5.10 Å². The van der Waals surface area contributed by atoms with Crippen LogP contribution in [0, 0.1) is 5.92 Å². The van der Waals surface area contributed by atoms with Gasteiger partial charge in [-0.3, -0.25) is 4.79 Å². The summed E-state index contributed by atoms with van der Waals surface area (Å²) in [6.07, 6.45) is 2.64. The molecule has 0 bridgehead atoms. The lowest BCUT2D eigenvalue weighted by atomic mass is 9.79. The summed E-state index contributed by atoms with van der Waals surface area (Å²) in [5.41, 5.74) is 3.62. The van der Waals surface area contributed by atoms with Gasteiger partial charge in [-0.1, -0.05) is 24.3 Å². The Hall–Kier alpha value is -1.35. The van der Waals surface area contributed by atoms with Gasteiger partial charge in [0.15, 0.2) is 0 Å². The molecular formula is C14H15ClN2O. The number of hydrogen-bond acceptors (Lipinski definition) is 2. The Labute approximate surface area is 111 Å². The van der Waals surface area contributed by atoms with Crippen LogP contribution < -0.4 is 0 Å². The topological polar surface area (TPSA) is 32.7 Å². The predicted molar refractivity (Wildman–Crippen MR) is 71.8 cm³/mol. The third-order valence-electron chi connectivity index (χ3n) is 3.68. The van der Waals surface area contributed by atoms with Crippen LogP contribution in [-0.2, 0) is 11.2 Å². The van der Waals surface area contributed by atoms with Crippen LogP contribution in [0.1, 0.15) is 24.0 Å². The van der Waals surface area contributed by atoms with Gasteiger partial charge in [-0.05, 0) is 18.4 Å². The molecule has 0 spiro atoms. The van der Waals surface area contributed by atoms with Crippen LogP contribution in [0.15, 0.2) is 29.4 Å². The van der Waals surface area contributed by atoms with Crippen molar-refractivity contribution < 1.29 is 4.79 Å². The van der Waals surface area contributed by atoms with Crippen LogP contribution >= 0.6 is 11.6 Å². The minimum Gasteiger partial charge on any atom is -0.273 e. The first kappa shape index (κ1) is 11.7. The van der Waals surface area contributed by atoms with Crippen molar-refractivity contribution in [1.82, 2.24) is 5.01 Å². The number of carbonyl (C=O) groups excluding carboxylic acids is 1. The Morgan fingerprint density at radius 3 is 3.06 bits per heavy atom. The number of amides is 1. The number of halogens is 1. The first-order valence-electron chi connectivity index (χ1n) is 6.32. The molecule has 1 heterocycles. The van der Waals surface area contributed by atoms with Crippen LogP contribution in [0.3, 0.4) is 0 Å². The van der Waals surface area contributed by atoms with E-state index in [1.54, 1.807) is 0 Å². The van der Waals surface area contributed by atoms with E-state index in [-0.39, 0.29) is 5.91 Å². The molecule has 0 radical (unpaired) electrons. The smallest absolute Gasteiger partial charge is 0.243 e. The van der Waals surface area contributed by atoms with Crippen molar-refractivity contribution in [2.45, 2.75) is 19.3 Å². The van der Waals surface area contributed by atoms with Crippen molar-refractivity contribution in [2.24, 2.45) is 11.0 Å². The molecular weight excluding hydrogens is 248 g/mol. The van der Waals surface area contributed by atoms with Crippen molar-refractivity contribution in [3.05, 3.63) is 35.4 Å². The SMILES string of the molecule is O=C1C[C@H]2CCc3ccccc3C2=NN1CCCl. The second-order valence-corrected chi connectivity index (χ2v) is 5.17. The van der Waals surface area contributed by atoms with E-state index < -0.39 is 0 Å². The highest BCUT2D eigenvalue weighted by Gasteiger charge is 2.33. The third-order valence-corrected chi connectivity index (χ3v) is 3.84. The summed E-state index contributed by atoms with van der Waals surface area (Å²) in [5, 5.41) is 6.06. The molecule has 0 fully saturated rings. The van der Waals surface area contributed by atoms with E-state index in [1.807, 2.05) is 6.07 Å². The highest BCUT2D eigenvalue weighted by Crippen LogP contribution is 2.31. The number of hydrazone groups is 1. The zero-order valence-electron chi connectivity index (χ0n) is 10.1. The van der Waals surface area contributed by atoms with Crippen molar-refractivity contribution in [3.8, 4) is 0 Å². The van der Waals surface area contributed by atoms with E-state index >= 15 is 0 Å². The quantitative estimate of drug-likeness (QED) is 0.754. The number of benzene rings is 1. The monoisotopic (exact) mass is 262 g/mol. The van der Waals surface area contributed by atoms with Gasteiger partial charge >= 0.3 is 0 Å². The van der Waals surface area contributed by atoms with E-state index in [2.05, 4.69) is 23.3 Å². The largest absolute Gasteiger partial charge is 0.273 e. The molecule has 1 aromatic rings. The zero-order valence-corrected chi connectivity index (χ0v) is 10.9. The average molecular weight is 263 g/mol. The van der Waals surface area contributed by atoms with E-state index in [0.29, 0.717) is 24.8 Å². The number of carbonyl (C=O) groups is 1. The molecule has 4 heteroatoms. The number of aryl methyl sites for hydroxylation is 1. The molecule has 94 valence electrons. The first-order valence-corrected chi connectivity index (χ1v) is 6.86. The summed E-state index contributed by atoms with van der Waals surface area (Å²) in [7, 11) is 0. The van der Waals surface area contributed by atoms with Gasteiger partial charge in [0.2, 0.25) is 5.91 Å². The fourth-order valence-electron chi connectivity index (χ4n) is 2.77. The van der Waals surface area contributed by atoms with E-state index in [0.717, 1.165) is 18.6 Å². The molecule has 1 aliphatic heterocycles. The molecule has 1 aliphatic carbocycles. The Balaban J connectivity index is 2.02. The molecule has 0 aromatic heterocycles. The Bertz CT molecular complexity index is 512. The molecule has 3 nitrogen and oxygen atoms in total. The van der Waals surface area contributed by atoms with E-state index in [1.165, 1.54) is 16.1 Å². The number of hydrogen-bond donors (Lipinski definition) is 0. The number of fused-ring (bicyclic) bond motifs is 3. The minimum absolute atomic E-state index is 0.101. The van der Waals surface area contributed by atoms with Crippen molar-refractivity contribution in [1.29, 1.82) is 0 Å². The average Bonchev–Trinajstić information content (AvgIpc) is 2.40. The molecule has 0 saturated heterocycles. The molecule has 0 saturated carbocycles. The third kappa shape index (κ3) is 1.93. The standard InChI is InChI=1S/C14H15ClN2O/c15-7-8-17-13(18)9-11-6-5-10-3-1-2-4-12(10)14(11)16-17/h1-4,11H,5-9H2/t11-/m1/s1. The predicted octanol–water partition coefficient (Wildman–Crippen LogP) is 2.42. The maximum Gasteiger partial charge on any atom is 0.243 e. The molecule has 1 atom stereocenters. The molecule has 0 unspecified atom stereocenters. The minimum atomic E-state index is 0.101. The van der Waals surface area contributed by atoms with E-state index in [4.69, 9.17) is 11.6 Å². The van der Waals surface area contributed by atoms with Crippen LogP contribution in [0.25, 0.3) is 0 Å². The van der Waals surface area contributed by atoms with Gasteiger partial charge in [-0.25, -0.2) is 5.01 Å². The molecule has 2 aliphatic rings. The van der Waals surface area contributed by atoms with Gasteiger partial charge in [0.25, 0.3) is 0 Å². The molecule has 3 rings (SSSR count). The first-order chi connectivity index (χ1) is 8.79. The number of alkyl halides is 1. The van der Waals surface area contributed by atoms with Gasteiger partial charge in [-0.15, -0.1) is 11.6 Å². The fraction of sp³-hybridized carbons (Fsp3) is 0.429. The summed E-state index contributed by atoms with van der Waals surface area (Å²) in [6, 6.07) is 8.35. The van der Waals surface area contributed by atoms with Crippen molar-refractivity contribution in [2.75, 3.05) is 12.4 Å². The second kappa shape index (κ2) is 4.73. The zero-order chi connectivity index (χ0) is 12.5. The molecule has 0 N–H and O–H groups in total. The summed E-state index contributed by atoms with van der Waals surface area (Å²) in [6.45, 7) is 0.499. The van der Waals surface area contributed by atoms with Crippen LogP contribution in [-0.4, -0.2) is 29.1 Å². The summed E-state index contributed by atoms with van der Waals surface area (Å²) in [4.78, 5) is 11.9. The lowest BCUT2D eigenvalue weighted by molar-refractivity contribution is -0.132. The van der Waals surface area contributed by atoms with E-state index in [9.17, 15) is 4.79 Å². The number of nitrogens with zero attached hydrogens (tertiary/aromatic N) is 2. The normalized spacial score (nSPS) is 22.3. The van der Waals surface area contributed by atoms with Gasteiger partial charge < -0.3 is 0 Å². The van der Waals surface area contributed by atoms with Crippen LogP contribution in [0.5, 0.6) is 0 Å². The maximum atomic E-state index is 11.9. The maximum absolute atomic E-state index is 11.9. The van der Waals surface area contributed by atoms with Gasteiger partial charge in [0.05, 0.1) is 12.3 Å². The highest BCUT2D eigenvalue weighted by atomic mass is 35.5. The summed E-state index contributed by atoms with van der Waals surface area (Å²) < 4.78 is 0. The highest BCUT2D eigenvalue weighted by molar-refractivity contribution is 6.18. The fourth-order valence-corrected chi connectivity index (χ4v) is 2.93. The molecule has 18 heavy (non-hydrogen) atoms. The Morgan fingerprint density at radius 1 is 1.39 bits per heavy atom. The summed E-state index contributed by atoms with van der Waals surface area (Å²) >= 11 is 5.71. The van der Waals surface area contributed by atoms with Crippen molar-refractivity contribution >= 4 is 23.2 Å².